The third-order valence-electron chi connectivity index (χ3n) is 2.23. The zero-order valence-corrected chi connectivity index (χ0v) is 7.00. The van der Waals surface area contributed by atoms with E-state index in [1.54, 1.807) is 0 Å². The summed E-state index contributed by atoms with van der Waals surface area (Å²) in [4.78, 5) is 21.2. The Morgan fingerprint density at radius 1 is 1.42 bits per heavy atom. The van der Waals surface area contributed by atoms with Crippen LogP contribution in [0.5, 0.6) is 0 Å². The molecule has 1 fully saturated rings. The lowest BCUT2D eigenvalue weighted by Crippen LogP contribution is -2.14. The summed E-state index contributed by atoms with van der Waals surface area (Å²) >= 11 is 0. The van der Waals surface area contributed by atoms with Crippen LogP contribution in [0.15, 0.2) is 0 Å². The van der Waals surface area contributed by atoms with Crippen LogP contribution >= 0.6 is 0 Å². The van der Waals surface area contributed by atoms with Crippen molar-refractivity contribution < 1.29 is 19.4 Å². The maximum absolute atomic E-state index is 10.8. The molecule has 0 unspecified atom stereocenters. The molecule has 4 nitrogen and oxygen atoms in total. The van der Waals surface area contributed by atoms with E-state index in [4.69, 9.17) is 5.11 Å². The summed E-state index contributed by atoms with van der Waals surface area (Å²) in [5.74, 6) is -1.15. The predicted octanol–water partition coefficient (Wildman–Crippen LogP) is 0.804. The zero-order chi connectivity index (χ0) is 9.19. The second-order valence-electron chi connectivity index (χ2n) is 3.32. The molecule has 0 aliphatic heterocycles. The number of hydrogen-bond acceptors (Lipinski definition) is 3. The molecule has 1 N–H and O–H groups in total. The van der Waals surface area contributed by atoms with Gasteiger partial charge in [-0.15, -0.1) is 0 Å². The molecule has 0 heterocycles. The van der Waals surface area contributed by atoms with E-state index in [0.29, 0.717) is 0 Å². The maximum Gasteiger partial charge on any atom is 0.306 e. The first kappa shape index (κ1) is 9.03. The van der Waals surface area contributed by atoms with Gasteiger partial charge in [0, 0.05) is 0 Å². The number of carbonyl (C=O) groups excluding carboxylic acids is 1. The molecule has 1 rings (SSSR count). The van der Waals surface area contributed by atoms with Crippen molar-refractivity contribution in [3.63, 3.8) is 0 Å². The second kappa shape index (κ2) is 3.13. The number of esters is 1. The van der Waals surface area contributed by atoms with Crippen LogP contribution in [-0.4, -0.2) is 24.2 Å². The van der Waals surface area contributed by atoms with Crippen molar-refractivity contribution in [2.45, 2.75) is 25.7 Å². The maximum atomic E-state index is 10.8. The minimum atomic E-state index is -0.837. The normalized spacial score (nSPS) is 18.4. The Morgan fingerprint density at radius 3 is 2.33 bits per heavy atom. The third-order valence-corrected chi connectivity index (χ3v) is 2.23. The Balaban J connectivity index is 2.39. The Hall–Kier alpha value is -1.06. The summed E-state index contributed by atoms with van der Waals surface area (Å²) in [5.41, 5.74) is -0.279. The molecule has 1 saturated carbocycles. The number of methoxy groups -OCH3 is 1. The topological polar surface area (TPSA) is 63.6 Å². The molecule has 4 heteroatoms. The molecular formula is C8H12O4. The fourth-order valence-electron chi connectivity index (χ4n) is 1.29. The highest BCUT2D eigenvalue weighted by Gasteiger charge is 2.46. The summed E-state index contributed by atoms with van der Waals surface area (Å²) in [6.45, 7) is 0. The molecule has 0 aromatic carbocycles. The van der Waals surface area contributed by atoms with Gasteiger partial charge in [0.15, 0.2) is 0 Å². The van der Waals surface area contributed by atoms with E-state index in [9.17, 15) is 9.59 Å². The van der Waals surface area contributed by atoms with Gasteiger partial charge in [-0.05, 0) is 18.3 Å². The van der Waals surface area contributed by atoms with E-state index >= 15 is 0 Å². The van der Waals surface area contributed by atoms with Crippen LogP contribution in [0.4, 0.5) is 0 Å². The van der Waals surface area contributed by atoms with Crippen LogP contribution in [0.25, 0.3) is 0 Å². The average Bonchev–Trinajstić information content (AvgIpc) is 2.67. The van der Waals surface area contributed by atoms with Crippen LogP contribution in [0.2, 0.25) is 0 Å². The van der Waals surface area contributed by atoms with E-state index in [1.165, 1.54) is 7.11 Å². The fraction of sp³-hybridized carbons (Fsp3) is 0.750. The summed E-state index contributed by atoms with van der Waals surface area (Å²) in [6, 6.07) is 0. The first-order chi connectivity index (χ1) is 5.58. The molecule has 0 amide bonds. The second-order valence-corrected chi connectivity index (χ2v) is 3.32. The molecule has 0 spiro atoms. The Bertz CT molecular complexity index is 205. The van der Waals surface area contributed by atoms with Gasteiger partial charge in [-0.25, -0.2) is 0 Å². The molecule has 68 valence electrons. The van der Waals surface area contributed by atoms with Crippen molar-refractivity contribution in [3.05, 3.63) is 0 Å². The number of hydrogen-bond donors (Lipinski definition) is 1. The predicted molar refractivity (Wildman–Crippen MR) is 40.6 cm³/mol. The van der Waals surface area contributed by atoms with Gasteiger partial charge in [0.25, 0.3) is 0 Å². The van der Waals surface area contributed by atoms with E-state index in [1.807, 2.05) is 0 Å². The lowest BCUT2D eigenvalue weighted by molar-refractivity contribution is -0.143. The number of carboxylic acid groups (broad SMARTS) is 1. The Labute approximate surface area is 70.5 Å². The minimum Gasteiger partial charge on any atom is -0.481 e. The van der Waals surface area contributed by atoms with Crippen molar-refractivity contribution in [3.8, 4) is 0 Å². The monoisotopic (exact) mass is 172 g/mol. The summed E-state index contributed by atoms with van der Waals surface area (Å²) < 4.78 is 4.48. The van der Waals surface area contributed by atoms with Crippen LogP contribution in [0.1, 0.15) is 25.7 Å². The van der Waals surface area contributed by atoms with Gasteiger partial charge in [-0.3, -0.25) is 9.59 Å². The smallest absolute Gasteiger partial charge is 0.306 e. The molecule has 0 atom stereocenters. The number of carbonyl (C=O) groups is 2. The van der Waals surface area contributed by atoms with E-state index in [-0.39, 0.29) is 24.2 Å². The number of aliphatic carboxylic acids is 1. The summed E-state index contributed by atoms with van der Waals surface area (Å²) in [5, 5.41) is 8.52. The largest absolute Gasteiger partial charge is 0.481 e. The summed E-state index contributed by atoms with van der Waals surface area (Å²) in [7, 11) is 1.32. The van der Waals surface area contributed by atoms with Gasteiger partial charge in [0.05, 0.1) is 20.0 Å². The SMILES string of the molecule is COC(=O)CC1(CC(=O)O)CC1. The highest BCUT2D eigenvalue weighted by Crippen LogP contribution is 2.51. The van der Waals surface area contributed by atoms with Crippen molar-refractivity contribution in [1.29, 1.82) is 0 Å². The van der Waals surface area contributed by atoms with Crippen LogP contribution in [0.3, 0.4) is 0 Å². The van der Waals surface area contributed by atoms with Crippen molar-refractivity contribution in [2.24, 2.45) is 5.41 Å². The van der Waals surface area contributed by atoms with Crippen LogP contribution in [0, 0.1) is 5.41 Å². The van der Waals surface area contributed by atoms with E-state index < -0.39 is 5.97 Å². The Kier molecular flexibility index (Phi) is 2.35. The molecule has 0 aromatic rings. The van der Waals surface area contributed by atoms with Crippen molar-refractivity contribution >= 4 is 11.9 Å². The van der Waals surface area contributed by atoms with Crippen LogP contribution < -0.4 is 0 Å². The highest BCUT2D eigenvalue weighted by molar-refractivity contribution is 5.74. The van der Waals surface area contributed by atoms with Crippen LogP contribution in [-0.2, 0) is 14.3 Å². The molecule has 0 saturated heterocycles. The molecule has 0 bridgehead atoms. The lowest BCUT2D eigenvalue weighted by atomic mass is 9.98. The van der Waals surface area contributed by atoms with Crippen molar-refractivity contribution in [1.82, 2.24) is 0 Å². The molecule has 1 aliphatic rings. The van der Waals surface area contributed by atoms with Gasteiger partial charge in [-0.2, -0.15) is 0 Å². The number of ether oxygens (including phenoxy) is 1. The van der Waals surface area contributed by atoms with Gasteiger partial charge >= 0.3 is 11.9 Å². The fourth-order valence-corrected chi connectivity index (χ4v) is 1.29. The highest BCUT2D eigenvalue weighted by atomic mass is 16.5. The molecular weight excluding hydrogens is 160 g/mol. The van der Waals surface area contributed by atoms with Crippen molar-refractivity contribution in [2.75, 3.05) is 7.11 Å². The quantitative estimate of drug-likeness (QED) is 0.637. The molecule has 0 aromatic heterocycles. The molecule has 12 heavy (non-hydrogen) atoms. The van der Waals surface area contributed by atoms with Gasteiger partial charge < -0.3 is 9.84 Å². The third kappa shape index (κ3) is 2.22. The van der Waals surface area contributed by atoms with E-state index in [2.05, 4.69) is 4.74 Å². The average molecular weight is 172 g/mol. The van der Waals surface area contributed by atoms with E-state index in [0.717, 1.165) is 12.8 Å². The standard InChI is InChI=1S/C8H12O4/c1-12-7(11)5-8(2-3-8)4-6(9)10/h2-5H2,1H3,(H,9,10). The van der Waals surface area contributed by atoms with Gasteiger partial charge in [0.1, 0.15) is 0 Å². The lowest BCUT2D eigenvalue weighted by Gasteiger charge is -2.09. The number of rotatable bonds is 4. The minimum absolute atomic E-state index is 0.0854. The van der Waals surface area contributed by atoms with Gasteiger partial charge in [-0.1, -0.05) is 0 Å². The Morgan fingerprint density at radius 2 is 2.00 bits per heavy atom. The molecule has 1 aliphatic carbocycles. The molecule has 0 radical (unpaired) electrons. The van der Waals surface area contributed by atoms with Gasteiger partial charge in [0.2, 0.25) is 0 Å². The summed E-state index contributed by atoms with van der Waals surface area (Å²) in [6.07, 6.45) is 1.99. The first-order valence-electron chi connectivity index (χ1n) is 3.87. The zero-order valence-electron chi connectivity index (χ0n) is 7.00. The first-order valence-corrected chi connectivity index (χ1v) is 3.87. The number of carboxylic acids is 1.